The molecule has 0 rings (SSSR count). The molecule has 0 aromatic carbocycles. The Balaban J connectivity index is 0. The average molecular weight is 288 g/mol. The highest BCUT2D eigenvalue weighted by Crippen LogP contribution is 2.08. The lowest BCUT2D eigenvalue weighted by Crippen LogP contribution is -2.23. The van der Waals surface area contributed by atoms with Crippen molar-refractivity contribution in [1.29, 1.82) is 0 Å². The number of hydrogen-bond donors (Lipinski definition) is 1. The smallest absolute Gasteiger partial charge is 0.306 e. The summed E-state index contributed by atoms with van der Waals surface area (Å²) >= 11 is 0. The van der Waals surface area contributed by atoms with Crippen molar-refractivity contribution in [1.82, 2.24) is 0 Å². The van der Waals surface area contributed by atoms with E-state index < -0.39 is 10.5 Å². The van der Waals surface area contributed by atoms with Gasteiger partial charge in [-0.05, 0) is 34.6 Å². The summed E-state index contributed by atoms with van der Waals surface area (Å²) in [6, 6.07) is 0. The van der Waals surface area contributed by atoms with Crippen LogP contribution >= 0.6 is 0 Å². The first-order valence-corrected chi connectivity index (χ1v) is 6.15. The van der Waals surface area contributed by atoms with E-state index in [1.54, 1.807) is 20.8 Å². The Kier molecular flexibility index (Phi) is 9.24. The van der Waals surface area contributed by atoms with E-state index in [4.69, 9.17) is 10.5 Å². The molecule has 0 aliphatic heterocycles. The molecule has 0 aliphatic rings. The van der Waals surface area contributed by atoms with Crippen molar-refractivity contribution in [3.63, 3.8) is 0 Å². The summed E-state index contributed by atoms with van der Waals surface area (Å²) in [4.78, 5) is 30.8. The lowest BCUT2D eigenvalue weighted by Gasteiger charge is -2.19. The van der Waals surface area contributed by atoms with Crippen molar-refractivity contribution < 1.29 is 19.2 Å². The van der Waals surface area contributed by atoms with Crippen molar-refractivity contribution in [2.24, 2.45) is 5.73 Å². The van der Waals surface area contributed by atoms with Crippen LogP contribution in [0.5, 0.6) is 0 Å². The maximum absolute atomic E-state index is 11.0. The number of carbonyl (C=O) groups is 2. The first-order chi connectivity index (χ1) is 8.86. The molecule has 0 saturated heterocycles. The molecule has 0 fully saturated rings. The van der Waals surface area contributed by atoms with Crippen LogP contribution in [0.4, 0.5) is 0 Å². The standard InChI is InChI=1S/C9H16O3.C4H8N2O2/c1-7(10)5-6-8(11)12-9(2,3)4;1-3(5)4(2)6(7)8/h5-6H2,1-4H3;5H2,1-2H3/b;4-3-. The largest absolute Gasteiger partial charge is 0.460 e. The molecule has 0 aromatic heterocycles. The molecule has 7 nitrogen and oxygen atoms in total. The van der Waals surface area contributed by atoms with Gasteiger partial charge in [0.15, 0.2) is 0 Å². The number of ether oxygens (including phenoxy) is 1. The molecule has 7 heteroatoms. The Morgan fingerprint density at radius 2 is 1.60 bits per heavy atom. The highest BCUT2D eigenvalue weighted by molar-refractivity contribution is 5.81. The Hall–Kier alpha value is -1.92. The molecule has 0 saturated carbocycles. The Bertz CT molecular complexity index is 390. The molecule has 0 aromatic rings. The fourth-order valence-corrected chi connectivity index (χ4v) is 0.815. The van der Waals surface area contributed by atoms with E-state index in [1.807, 2.05) is 0 Å². The Labute approximate surface area is 119 Å². The van der Waals surface area contributed by atoms with Gasteiger partial charge in [-0.2, -0.15) is 0 Å². The highest BCUT2D eigenvalue weighted by Gasteiger charge is 2.15. The van der Waals surface area contributed by atoms with Crippen LogP contribution in [-0.4, -0.2) is 22.3 Å². The molecular weight excluding hydrogens is 264 g/mol. The number of nitro groups is 1. The lowest BCUT2D eigenvalue weighted by atomic mass is 10.2. The van der Waals surface area contributed by atoms with Crippen molar-refractivity contribution >= 4 is 11.8 Å². The first-order valence-electron chi connectivity index (χ1n) is 6.15. The molecule has 0 bridgehead atoms. The van der Waals surface area contributed by atoms with Gasteiger partial charge in [-0.1, -0.05) is 0 Å². The second kappa shape index (κ2) is 9.06. The number of rotatable bonds is 4. The molecule has 0 amide bonds. The van der Waals surface area contributed by atoms with Crippen LogP contribution in [-0.2, 0) is 14.3 Å². The molecular formula is C13H24N2O5. The minimum absolute atomic E-state index is 0.0147. The van der Waals surface area contributed by atoms with Crippen LogP contribution in [0.25, 0.3) is 0 Å². The number of ketones is 1. The first kappa shape index (κ1) is 20.4. The third-order valence-electron chi connectivity index (χ3n) is 1.95. The predicted molar refractivity (Wildman–Crippen MR) is 75.3 cm³/mol. The van der Waals surface area contributed by atoms with Crippen LogP contribution in [0.2, 0.25) is 0 Å². The topological polar surface area (TPSA) is 113 Å². The van der Waals surface area contributed by atoms with Gasteiger partial charge < -0.3 is 15.3 Å². The maximum Gasteiger partial charge on any atom is 0.306 e. The number of Topliss-reactive ketones (excluding diaryl/α,β-unsaturated/α-hetero) is 1. The van der Waals surface area contributed by atoms with E-state index in [-0.39, 0.29) is 36.0 Å². The number of carbonyl (C=O) groups excluding carboxylic acids is 2. The van der Waals surface area contributed by atoms with Gasteiger partial charge in [0.05, 0.1) is 17.0 Å². The quantitative estimate of drug-likeness (QED) is 0.482. The summed E-state index contributed by atoms with van der Waals surface area (Å²) in [6.45, 7) is 9.74. The van der Waals surface area contributed by atoms with Crippen molar-refractivity contribution in [2.45, 2.75) is 60.0 Å². The summed E-state index contributed by atoms with van der Waals surface area (Å²) in [6.07, 6.45) is 0.460. The van der Waals surface area contributed by atoms with Crippen LogP contribution in [0.1, 0.15) is 54.4 Å². The molecule has 0 atom stereocenters. The fourth-order valence-electron chi connectivity index (χ4n) is 0.815. The van der Waals surface area contributed by atoms with E-state index >= 15 is 0 Å². The summed E-state index contributed by atoms with van der Waals surface area (Å²) in [7, 11) is 0. The number of esters is 1. The van der Waals surface area contributed by atoms with Crippen molar-refractivity contribution in [2.75, 3.05) is 0 Å². The van der Waals surface area contributed by atoms with Gasteiger partial charge in [0.25, 0.3) is 5.70 Å². The lowest BCUT2D eigenvalue weighted by molar-refractivity contribution is -0.425. The van der Waals surface area contributed by atoms with Gasteiger partial charge in [-0.25, -0.2) is 0 Å². The zero-order valence-corrected chi connectivity index (χ0v) is 13.0. The second-order valence-electron chi connectivity index (χ2n) is 5.31. The van der Waals surface area contributed by atoms with E-state index in [1.165, 1.54) is 20.8 Å². The molecule has 0 radical (unpaired) electrons. The Morgan fingerprint density at radius 3 is 1.80 bits per heavy atom. The second-order valence-corrected chi connectivity index (χ2v) is 5.31. The minimum Gasteiger partial charge on any atom is -0.460 e. The van der Waals surface area contributed by atoms with Gasteiger partial charge in [-0.15, -0.1) is 0 Å². The van der Waals surface area contributed by atoms with Crippen LogP contribution in [0.3, 0.4) is 0 Å². The van der Waals surface area contributed by atoms with E-state index in [2.05, 4.69) is 0 Å². The zero-order chi connectivity index (χ0) is 16.5. The molecule has 0 spiro atoms. The highest BCUT2D eigenvalue weighted by atomic mass is 16.6. The number of hydrogen-bond acceptors (Lipinski definition) is 6. The zero-order valence-electron chi connectivity index (χ0n) is 13.0. The van der Waals surface area contributed by atoms with Crippen LogP contribution in [0.15, 0.2) is 11.4 Å². The fraction of sp³-hybridized carbons (Fsp3) is 0.692. The third kappa shape index (κ3) is 14.1. The predicted octanol–water partition coefficient (Wildman–Crippen LogP) is 2.17. The molecule has 2 N–H and O–H groups in total. The van der Waals surface area contributed by atoms with Crippen molar-refractivity contribution in [3.8, 4) is 0 Å². The summed E-state index contributed by atoms with van der Waals surface area (Å²) < 4.78 is 5.00. The summed E-state index contributed by atoms with van der Waals surface area (Å²) in [5.41, 5.74) is 4.90. The van der Waals surface area contributed by atoms with Gasteiger partial charge in [-0.3, -0.25) is 14.9 Å². The third-order valence-corrected chi connectivity index (χ3v) is 1.95. The number of nitrogens with two attached hydrogens (primary N) is 1. The molecule has 0 aliphatic carbocycles. The number of allylic oxidation sites excluding steroid dienone is 2. The molecule has 0 heterocycles. The van der Waals surface area contributed by atoms with Gasteiger partial charge in [0, 0.05) is 13.3 Å². The Morgan fingerprint density at radius 1 is 1.15 bits per heavy atom. The van der Waals surface area contributed by atoms with E-state index in [9.17, 15) is 19.7 Å². The normalized spacial score (nSPS) is 11.7. The average Bonchev–Trinajstić information content (AvgIpc) is 2.23. The monoisotopic (exact) mass is 288 g/mol. The van der Waals surface area contributed by atoms with Gasteiger partial charge in [0.2, 0.25) is 0 Å². The number of nitrogens with zero attached hydrogens (tertiary/aromatic N) is 1. The van der Waals surface area contributed by atoms with Gasteiger partial charge in [0.1, 0.15) is 11.4 Å². The molecule has 0 unspecified atom stereocenters. The van der Waals surface area contributed by atoms with Crippen molar-refractivity contribution in [3.05, 3.63) is 21.5 Å². The van der Waals surface area contributed by atoms with Gasteiger partial charge >= 0.3 is 5.97 Å². The minimum atomic E-state index is -0.505. The maximum atomic E-state index is 11.0. The van der Waals surface area contributed by atoms with Crippen LogP contribution < -0.4 is 5.73 Å². The molecule has 20 heavy (non-hydrogen) atoms. The van der Waals surface area contributed by atoms with Crippen LogP contribution in [0, 0.1) is 10.1 Å². The van der Waals surface area contributed by atoms with E-state index in [0.29, 0.717) is 0 Å². The van der Waals surface area contributed by atoms with E-state index in [0.717, 1.165) is 0 Å². The SMILES string of the molecule is C/C(N)=C(\C)[N+](=O)[O-].CC(=O)CCC(=O)OC(C)(C)C. The summed E-state index contributed by atoms with van der Waals surface area (Å²) in [5.74, 6) is -0.293. The molecule has 116 valence electrons. The summed E-state index contributed by atoms with van der Waals surface area (Å²) in [5, 5.41) is 9.81.